The molecule has 5 rings (SSSR count). The maximum Gasteiger partial charge on any atom is 0.226 e. The van der Waals surface area contributed by atoms with Crippen molar-refractivity contribution < 1.29 is 4.79 Å². The molecule has 3 aliphatic rings. The first-order valence-electron chi connectivity index (χ1n) is 9.81. The van der Waals surface area contributed by atoms with Crippen LogP contribution < -0.4 is 0 Å². The first-order chi connectivity index (χ1) is 12.8. The number of aromatic nitrogens is 4. The summed E-state index contributed by atoms with van der Waals surface area (Å²) < 4.78 is 0. The van der Waals surface area contributed by atoms with E-state index in [4.69, 9.17) is 0 Å². The predicted octanol–water partition coefficient (Wildman–Crippen LogP) is 1.81. The van der Waals surface area contributed by atoms with Gasteiger partial charge in [0, 0.05) is 50.1 Å². The molecule has 2 aromatic heterocycles. The fourth-order valence-electron chi connectivity index (χ4n) is 4.86. The third-order valence-electron chi connectivity index (χ3n) is 6.59. The summed E-state index contributed by atoms with van der Waals surface area (Å²) in [7, 11) is 0. The maximum absolute atomic E-state index is 13.2. The SMILES string of the molecule is O=C(C1CCC1)N1CCc2[nH]cnc2C12CCN(Cc1ncc[nH]1)CC2. The van der Waals surface area contributed by atoms with E-state index < -0.39 is 0 Å². The van der Waals surface area contributed by atoms with Gasteiger partial charge in [0.25, 0.3) is 0 Å². The number of rotatable bonds is 3. The van der Waals surface area contributed by atoms with Gasteiger partial charge >= 0.3 is 0 Å². The van der Waals surface area contributed by atoms with Crippen LogP contribution in [-0.4, -0.2) is 55.3 Å². The van der Waals surface area contributed by atoms with Crippen LogP contribution in [0.2, 0.25) is 0 Å². The highest BCUT2D eigenvalue weighted by atomic mass is 16.2. The molecule has 0 bridgehead atoms. The molecule has 1 spiro atoms. The molecule has 2 fully saturated rings. The molecule has 1 saturated heterocycles. The third kappa shape index (κ3) is 2.48. The number of hydrogen-bond donors (Lipinski definition) is 2. The van der Waals surface area contributed by atoms with Crippen LogP contribution in [0.3, 0.4) is 0 Å². The van der Waals surface area contributed by atoms with Crippen LogP contribution in [-0.2, 0) is 23.3 Å². The molecule has 0 atom stereocenters. The van der Waals surface area contributed by atoms with Crippen LogP contribution in [0.5, 0.6) is 0 Å². The van der Waals surface area contributed by atoms with Crippen molar-refractivity contribution >= 4 is 5.91 Å². The van der Waals surface area contributed by atoms with Gasteiger partial charge in [-0.3, -0.25) is 9.69 Å². The van der Waals surface area contributed by atoms with E-state index in [1.807, 2.05) is 6.20 Å². The summed E-state index contributed by atoms with van der Waals surface area (Å²) in [5.74, 6) is 1.62. The van der Waals surface area contributed by atoms with E-state index in [9.17, 15) is 4.79 Å². The molecule has 2 N–H and O–H groups in total. The van der Waals surface area contributed by atoms with Gasteiger partial charge in [-0.2, -0.15) is 0 Å². The lowest BCUT2D eigenvalue weighted by Gasteiger charge is -2.51. The van der Waals surface area contributed by atoms with Gasteiger partial charge in [-0.1, -0.05) is 6.42 Å². The van der Waals surface area contributed by atoms with Crippen molar-refractivity contribution in [2.24, 2.45) is 5.92 Å². The van der Waals surface area contributed by atoms with Crippen molar-refractivity contribution in [3.05, 3.63) is 35.9 Å². The van der Waals surface area contributed by atoms with Gasteiger partial charge in [-0.05, 0) is 25.7 Å². The number of nitrogens with zero attached hydrogens (tertiary/aromatic N) is 4. The molecule has 1 amide bonds. The number of carbonyl (C=O) groups is 1. The van der Waals surface area contributed by atoms with Gasteiger partial charge < -0.3 is 14.9 Å². The first-order valence-corrected chi connectivity index (χ1v) is 9.81. The lowest BCUT2D eigenvalue weighted by Crippen LogP contribution is -2.59. The Morgan fingerprint density at radius 1 is 1.19 bits per heavy atom. The molecule has 0 unspecified atom stereocenters. The highest BCUT2D eigenvalue weighted by molar-refractivity contribution is 5.81. The molecule has 2 aliphatic heterocycles. The second kappa shape index (κ2) is 6.23. The van der Waals surface area contributed by atoms with Crippen molar-refractivity contribution in [2.75, 3.05) is 19.6 Å². The average molecular weight is 354 g/mol. The predicted molar refractivity (Wildman–Crippen MR) is 96.1 cm³/mol. The number of carbonyl (C=O) groups excluding carboxylic acids is 1. The van der Waals surface area contributed by atoms with Crippen LogP contribution in [0.1, 0.15) is 49.3 Å². The largest absolute Gasteiger partial charge is 0.348 e. The highest BCUT2D eigenvalue weighted by Gasteiger charge is 2.50. The summed E-state index contributed by atoms with van der Waals surface area (Å²) in [5.41, 5.74) is 2.12. The first kappa shape index (κ1) is 16.1. The van der Waals surface area contributed by atoms with Gasteiger partial charge in [0.1, 0.15) is 5.82 Å². The minimum absolute atomic E-state index is 0.222. The minimum Gasteiger partial charge on any atom is -0.348 e. The molecular formula is C19H26N6O. The number of fused-ring (bicyclic) bond motifs is 2. The lowest BCUT2D eigenvalue weighted by molar-refractivity contribution is -0.149. The standard InChI is InChI=1S/C19H26N6O/c26-18(14-2-1-3-14)25-9-4-15-17(23-13-22-15)19(25)5-10-24(11-6-19)12-16-20-7-8-21-16/h7-8,13-14H,1-6,9-12H2,(H,20,21)(H,22,23). The number of aromatic amines is 2. The van der Waals surface area contributed by atoms with Crippen molar-refractivity contribution in [1.29, 1.82) is 0 Å². The molecule has 1 aliphatic carbocycles. The summed E-state index contributed by atoms with van der Waals surface area (Å²) >= 11 is 0. The molecule has 2 aromatic rings. The molecule has 26 heavy (non-hydrogen) atoms. The minimum atomic E-state index is -0.222. The zero-order chi connectivity index (χ0) is 17.6. The Morgan fingerprint density at radius 2 is 2.04 bits per heavy atom. The second-order valence-corrected chi connectivity index (χ2v) is 7.94. The highest BCUT2D eigenvalue weighted by Crippen LogP contribution is 2.44. The van der Waals surface area contributed by atoms with Crippen LogP contribution >= 0.6 is 0 Å². The number of H-pyrrole nitrogens is 2. The summed E-state index contributed by atoms with van der Waals surface area (Å²) in [5, 5.41) is 0. The van der Waals surface area contributed by atoms with E-state index in [1.165, 1.54) is 12.1 Å². The zero-order valence-corrected chi connectivity index (χ0v) is 15.1. The van der Waals surface area contributed by atoms with E-state index in [1.54, 1.807) is 12.5 Å². The summed E-state index contributed by atoms with van der Waals surface area (Å²) in [6.45, 7) is 3.58. The Bertz CT molecular complexity index is 770. The van der Waals surface area contributed by atoms with Gasteiger partial charge in [0.2, 0.25) is 5.91 Å². The molecule has 0 aromatic carbocycles. The van der Waals surface area contributed by atoms with E-state index in [2.05, 4.69) is 29.7 Å². The number of imidazole rings is 2. The van der Waals surface area contributed by atoms with Gasteiger partial charge in [0.15, 0.2) is 0 Å². The average Bonchev–Trinajstić information content (AvgIpc) is 3.27. The van der Waals surface area contributed by atoms with E-state index in [-0.39, 0.29) is 11.5 Å². The number of piperidine rings is 1. The Labute approximate surface area is 153 Å². The van der Waals surface area contributed by atoms with Gasteiger partial charge in [-0.25, -0.2) is 9.97 Å². The fourth-order valence-corrected chi connectivity index (χ4v) is 4.86. The van der Waals surface area contributed by atoms with Gasteiger partial charge in [0.05, 0.1) is 24.1 Å². The smallest absolute Gasteiger partial charge is 0.226 e. The number of nitrogens with one attached hydrogen (secondary N) is 2. The third-order valence-corrected chi connectivity index (χ3v) is 6.59. The van der Waals surface area contributed by atoms with Crippen molar-refractivity contribution in [3.63, 3.8) is 0 Å². The van der Waals surface area contributed by atoms with E-state index in [0.29, 0.717) is 5.91 Å². The van der Waals surface area contributed by atoms with Crippen molar-refractivity contribution in [1.82, 2.24) is 29.7 Å². The molecule has 138 valence electrons. The quantitative estimate of drug-likeness (QED) is 0.881. The topological polar surface area (TPSA) is 80.9 Å². The van der Waals surface area contributed by atoms with Gasteiger partial charge in [-0.15, -0.1) is 0 Å². The Morgan fingerprint density at radius 3 is 2.73 bits per heavy atom. The molecule has 1 saturated carbocycles. The summed E-state index contributed by atoms with van der Waals surface area (Å²) in [4.78, 5) is 33.3. The monoisotopic (exact) mass is 354 g/mol. The number of hydrogen-bond acceptors (Lipinski definition) is 4. The Balaban J connectivity index is 1.39. The molecular weight excluding hydrogens is 328 g/mol. The fraction of sp³-hybridized carbons (Fsp3) is 0.632. The number of amides is 1. The van der Waals surface area contributed by atoms with Crippen LogP contribution in [0.25, 0.3) is 0 Å². The summed E-state index contributed by atoms with van der Waals surface area (Å²) in [6.07, 6.45) is 11.6. The molecule has 0 radical (unpaired) electrons. The van der Waals surface area contributed by atoms with E-state index >= 15 is 0 Å². The van der Waals surface area contributed by atoms with Crippen LogP contribution in [0, 0.1) is 5.92 Å². The summed E-state index contributed by atoms with van der Waals surface area (Å²) in [6, 6.07) is 0. The zero-order valence-electron chi connectivity index (χ0n) is 15.1. The van der Waals surface area contributed by atoms with Crippen molar-refractivity contribution in [2.45, 2.75) is 50.6 Å². The molecule has 7 nitrogen and oxygen atoms in total. The van der Waals surface area contributed by atoms with Crippen LogP contribution in [0.15, 0.2) is 18.7 Å². The molecule has 7 heteroatoms. The Kier molecular flexibility index (Phi) is 3.85. The lowest BCUT2D eigenvalue weighted by atomic mass is 9.76. The second-order valence-electron chi connectivity index (χ2n) is 7.94. The maximum atomic E-state index is 13.2. The van der Waals surface area contributed by atoms with Crippen molar-refractivity contribution in [3.8, 4) is 0 Å². The van der Waals surface area contributed by atoms with E-state index in [0.717, 1.165) is 69.8 Å². The number of likely N-dealkylation sites (tertiary alicyclic amines) is 1. The Hall–Kier alpha value is -2.15. The van der Waals surface area contributed by atoms with Crippen LogP contribution in [0.4, 0.5) is 0 Å². The normalized spacial score (nSPS) is 23.0. The molecule has 4 heterocycles.